The third-order valence-electron chi connectivity index (χ3n) is 2.42. The maximum absolute atomic E-state index is 11.5. The molecule has 0 saturated heterocycles. The molecule has 3 N–H and O–H groups in total. The van der Waals surface area contributed by atoms with E-state index >= 15 is 0 Å². The minimum Gasteiger partial charge on any atom is -0.481 e. The van der Waals surface area contributed by atoms with Gasteiger partial charge in [0.25, 0.3) is 5.91 Å². The minimum absolute atomic E-state index is 0.0271. The molecule has 7 heteroatoms. The second-order valence-electron chi connectivity index (χ2n) is 4.14. The number of hydrogen-bond acceptors (Lipinski definition) is 5. The Morgan fingerprint density at radius 3 is 2.63 bits per heavy atom. The maximum Gasteiger partial charge on any atom is 0.303 e. The highest BCUT2D eigenvalue weighted by Gasteiger charge is 2.09. The van der Waals surface area contributed by atoms with Crippen molar-refractivity contribution in [1.29, 1.82) is 0 Å². The molecule has 1 amide bonds. The number of hydrogen-bond donors (Lipinski definition) is 3. The largest absolute Gasteiger partial charge is 0.481 e. The molecule has 0 fully saturated rings. The normalized spacial score (nSPS) is 11.7. The fourth-order valence-electron chi connectivity index (χ4n) is 1.45. The summed E-state index contributed by atoms with van der Waals surface area (Å²) in [6.07, 6.45) is 0.591. The summed E-state index contributed by atoms with van der Waals surface area (Å²) in [6, 6.07) is 3.19. The number of aliphatic carboxylic acids is 1. The van der Waals surface area contributed by atoms with Gasteiger partial charge >= 0.3 is 5.97 Å². The molecular formula is C12H18N4O3. The molecule has 0 saturated carbocycles. The molecular weight excluding hydrogens is 248 g/mol. The van der Waals surface area contributed by atoms with Crippen molar-refractivity contribution in [1.82, 2.24) is 15.5 Å². The van der Waals surface area contributed by atoms with E-state index in [1.54, 1.807) is 12.1 Å². The molecule has 1 aromatic rings. The van der Waals surface area contributed by atoms with Crippen molar-refractivity contribution >= 4 is 17.7 Å². The molecule has 0 radical (unpaired) electrons. The fourth-order valence-corrected chi connectivity index (χ4v) is 1.45. The van der Waals surface area contributed by atoms with Crippen LogP contribution in [-0.2, 0) is 4.79 Å². The zero-order valence-corrected chi connectivity index (χ0v) is 11.0. The van der Waals surface area contributed by atoms with E-state index in [-0.39, 0.29) is 24.1 Å². The zero-order chi connectivity index (χ0) is 14.3. The molecule has 1 atom stereocenters. The zero-order valence-electron chi connectivity index (χ0n) is 11.0. The third-order valence-corrected chi connectivity index (χ3v) is 2.42. The van der Waals surface area contributed by atoms with Crippen LogP contribution >= 0.6 is 0 Å². The molecule has 1 aromatic heterocycles. The van der Waals surface area contributed by atoms with Gasteiger partial charge in [-0.1, -0.05) is 0 Å². The molecule has 19 heavy (non-hydrogen) atoms. The van der Waals surface area contributed by atoms with Crippen molar-refractivity contribution in [3.63, 3.8) is 0 Å². The summed E-state index contributed by atoms with van der Waals surface area (Å²) in [6.45, 7) is 4.22. The molecule has 0 aliphatic carbocycles. The standard InChI is InChI=1S/C12H18N4O3/c1-3-13-12(19)9-5-6-10(16-15-9)14-8(2)4-7-11(17)18/h5-6,8H,3-4,7H2,1-2H3,(H,13,19)(H,14,16)(H,17,18). The first-order valence-electron chi connectivity index (χ1n) is 6.13. The quantitative estimate of drug-likeness (QED) is 0.677. The molecule has 0 aliphatic rings. The van der Waals surface area contributed by atoms with Crippen LogP contribution < -0.4 is 10.6 Å². The van der Waals surface area contributed by atoms with Gasteiger partial charge in [-0.25, -0.2) is 0 Å². The van der Waals surface area contributed by atoms with Gasteiger partial charge < -0.3 is 15.7 Å². The number of rotatable bonds is 7. The Labute approximate surface area is 111 Å². The Morgan fingerprint density at radius 2 is 2.11 bits per heavy atom. The summed E-state index contributed by atoms with van der Waals surface area (Å²) < 4.78 is 0. The van der Waals surface area contributed by atoms with Crippen LogP contribution in [0.1, 0.15) is 37.2 Å². The summed E-state index contributed by atoms with van der Waals surface area (Å²) >= 11 is 0. The summed E-state index contributed by atoms with van der Waals surface area (Å²) in [7, 11) is 0. The number of carbonyl (C=O) groups is 2. The molecule has 7 nitrogen and oxygen atoms in total. The van der Waals surface area contributed by atoms with Crippen molar-refractivity contribution in [2.24, 2.45) is 0 Å². The molecule has 0 bridgehead atoms. The lowest BCUT2D eigenvalue weighted by Gasteiger charge is -2.12. The monoisotopic (exact) mass is 266 g/mol. The number of aromatic nitrogens is 2. The Balaban J connectivity index is 2.52. The summed E-state index contributed by atoms with van der Waals surface area (Å²) in [5.41, 5.74) is 0.255. The average Bonchev–Trinajstić information content (AvgIpc) is 2.37. The number of nitrogens with zero attached hydrogens (tertiary/aromatic N) is 2. The van der Waals surface area contributed by atoms with E-state index in [1.165, 1.54) is 0 Å². The molecule has 104 valence electrons. The molecule has 1 heterocycles. The van der Waals surface area contributed by atoms with Crippen LogP contribution in [0.2, 0.25) is 0 Å². The minimum atomic E-state index is -0.827. The topological polar surface area (TPSA) is 104 Å². The smallest absolute Gasteiger partial charge is 0.303 e. The maximum atomic E-state index is 11.5. The van der Waals surface area contributed by atoms with Crippen LogP contribution in [0.15, 0.2) is 12.1 Å². The molecule has 1 rings (SSSR count). The Hall–Kier alpha value is -2.18. The fraction of sp³-hybridized carbons (Fsp3) is 0.500. The van der Waals surface area contributed by atoms with E-state index in [4.69, 9.17) is 5.11 Å². The highest BCUT2D eigenvalue weighted by atomic mass is 16.4. The first-order valence-corrected chi connectivity index (χ1v) is 6.13. The second-order valence-corrected chi connectivity index (χ2v) is 4.14. The SMILES string of the molecule is CCNC(=O)c1ccc(NC(C)CCC(=O)O)nn1. The summed E-state index contributed by atoms with van der Waals surface area (Å²) in [5.74, 6) is -0.572. The number of nitrogens with one attached hydrogen (secondary N) is 2. The van der Waals surface area contributed by atoms with Crippen molar-refractivity contribution in [3.8, 4) is 0 Å². The van der Waals surface area contributed by atoms with E-state index < -0.39 is 5.97 Å². The lowest BCUT2D eigenvalue weighted by molar-refractivity contribution is -0.137. The first kappa shape index (κ1) is 14.9. The van der Waals surface area contributed by atoms with Gasteiger partial charge in [-0.05, 0) is 32.4 Å². The van der Waals surface area contributed by atoms with Crippen LogP contribution in [0, 0.1) is 0 Å². The van der Waals surface area contributed by atoms with Crippen LogP contribution in [-0.4, -0.2) is 39.8 Å². The van der Waals surface area contributed by atoms with Crippen molar-refractivity contribution in [2.45, 2.75) is 32.7 Å². The number of carboxylic acids is 1. The molecule has 1 unspecified atom stereocenters. The van der Waals surface area contributed by atoms with Gasteiger partial charge in [0.15, 0.2) is 5.69 Å². The van der Waals surface area contributed by atoms with E-state index in [0.717, 1.165) is 0 Å². The van der Waals surface area contributed by atoms with Gasteiger partial charge in [0, 0.05) is 19.0 Å². The van der Waals surface area contributed by atoms with Gasteiger partial charge in [0.1, 0.15) is 5.82 Å². The van der Waals surface area contributed by atoms with Crippen LogP contribution in [0.3, 0.4) is 0 Å². The van der Waals surface area contributed by atoms with E-state index in [9.17, 15) is 9.59 Å². The second kappa shape index (κ2) is 7.30. The predicted molar refractivity (Wildman–Crippen MR) is 70.0 cm³/mol. The number of anilines is 1. The highest BCUT2D eigenvalue weighted by molar-refractivity contribution is 5.92. The van der Waals surface area contributed by atoms with Crippen molar-refractivity contribution < 1.29 is 14.7 Å². The van der Waals surface area contributed by atoms with Crippen molar-refractivity contribution in [3.05, 3.63) is 17.8 Å². The number of carboxylic acid groups (broad SMARTS) is 1. The Kier molecular flexibility index (Phi) is 5.72. The van der Waals surface area contributed by atoms with Gasteiger partial charge in [-0.2, -0.15) is 0 Å². The van der Waals surface area contributed by atoms with E-state index in [1.807, 2.05) is 13.8 Å². The lowest BCUT2D eigenvalue weighted by Crippen LogP contribution is -2.24. The van der Waals surface area contributed by atoms with E-state index in [2.05, 4.69) is 20.8 Å². The van der Waals surface area contributed by atoms with Crippen LogP contribution in [0.25, 0.3) is 0 Å². The van der Waals surface area contributed by atoms with Crippen molar-refractivity contribution in [2.75, 3.05) is 11.9 Å². The third kappa shape index (κ3) is 5.33. The highest BCUT2D eigenvalue weighted by Crippen LogP contribution is 2.07. The van der Waals surface area contributed by atoms with Gasteiger partial charge in [-0.3, -0.25) is 9.59 Å². The lowest BCUT2D eigenvalue weighted by atomic mass is 10.2. The number of amides is 1. The predicted octanol–water partition coefficient (Wildman–Crippen LogP) is 0.891. The Morgan fingerprint density at radius 1 is 1.37 bits per heavy atom. The molecule has 0 aromatic carbocycles. The molecule has 0 spiro atoms. The van der Waals surface area contributed by atoms with E-state index in [0.29, 0.717) is 18.8 Å². The van der Waals surface area contributed by atoms with Gasteiger partial charge in [0.2, 0.25) is 0 Å². The van der Waals surface area contributed by atoms with Gasteiger partial charge in [0.05, 0.1) is 0 Å². The van der Waals surface area contributed by atoms with Gasteiger partial charge in [-0.15, -0.1) is 10.2 Å². The molecule has 0 aliphatic heterocycles. The van der Waals surface area contributed by atoms with Crippen LogP contribution in [0.5, 0.6) is 0 Å². The van der Waals surface area contributed by atoms with Crippen LogP contribution in [0.4, 0.5) is 5.82 Å². The summed E-state index contributed by atoms with van der Waals surface area (Å²) in [5, 5.41) is 21.9. The average molecular weight is 266 g/mol. The Bertz CT molecular complexity index is 433. The first-order chi connectivity index (χ1) is 9.02. The summed E-state index contributed by atoms with van der Waals surface area (Å²) in [4.78, 5) is 21.9. The number of carbonyl (C=O) groups excluding carboxylic acids is 1.